The van der Waals surface area contributed by atoms with Gasteiger partial charge in [-0.1, -0.05) is 6.07 Å². The molecule has 3 N–H and O–H groups in total. The third kappa shape index (κ3) is 4.99. The molecule has 0 saturated carbocycles. The Morgan fingerprint density at radius 1 is 1.53 bits per heavy atom. The maximum atomic E-state index is 11.8. The van der Waals surface area contributed by atoms with Gasteiger partial charge in [0, 0.05) is 40.1 Å². The van der Waals surface area contributed by atoms with Crippen LogP contribution in [0.2, 0.25) is 0 Å². The number of hydrogen-bond acceptors (Lipinski definition) is 3. The van der Waals surface area contributed by atoms with Crippen LogP contribution in [0.1, 0.15) is 23.7 Å². The first-order chi connectivity index (χ1) is 7.99. The van der Waals surface area contributed by atoms with Gasteiger partial charge in [-0.05, 0) is 31.5 Å². The number of carbonyl (C=O) groups is 1. The van der Waals surface area contributed by atoms with E-state index in [1.54, 1.807) is 30.5 Å². The smallest absolute Gasteiger partial charge is 0.251 e. The number of carbonyl (C=O) groups excluding carboxylic acids is 1. The molecule has 0 saturated heterocycles. The Morgan fingerprint density at radius 2 is 2.24 bits per heavy atom. The highest BCUT2D eigenvalue weighted by molar-refractivity contribution is 7.84. The molecule has 5 heteroatoms. The van der Waals surface area contributed by atoms with Gasteiger partial charge < -0.3 is 11.1 Å². The molecule has 0 heterocycles. The van der Waals surface area contributed by atoms with Gasteiger partial charge in [0.25, 0.3) is 5.91 Å². The van der Waals surface area contributed by atoms with E-state index < -0.39 is 10.8 Å². The molecule has 1 rings (SSSR count). The Hall–Kier alpha value is -1.36. The minimum absolute atomic E-state index is 0.00725. The normalized spacial score (nSPS) is 14.0. The molecule has 0 aromatic heterocycles. The zero-order chi connectivity index (χ0) is 12.8. The van der Waals surface area contributed by atoms with Gasteiger partial charge in [-0.25, -0.2) is 0 Å². The Balaban J connectivity index is 2.51. The van der Waals surface area contributed by atoms with E-state index in [9.17, 15) is 9.00 Å². The first kappa shape index (κ1) is 13.7. The third-order valence-corrected chi connectivity index (χ3v) is 3.18. The van der Waals surface area contributed by atoms with E-state index in [0.717, 1.165) is 0 Å². The second kappa shape index (κ2) is 6.39. The molecule has 0 radical (unpaired) electrons. The Bertz CT molecular complexity index is 421. The lowest BCUT2D eigenvalue weighted by Crippen LogP contribution is -2.33. The molecule has 0 bridgehead atoms. The van der Waals surface area contributed by atoms with Gasteiger partial charge in [0.2, 0.25) is 0 Å². The second-order valence-electron chi connectivity index (χ2n) is 4.07. The molecule has 4 nitrogen and oxygen atoms in total. The van der Waals surface area contributed by atoms with E-state index >= 15 is 0 Å². The number of benzene rings is 1. The number of anilines is 1. The molecule has 1 amide bonds. The molecule has 2 unspecified atom stereocenters. The molecule has 94 valence electrons. The van der Waals surface area contributed by atoms with E-state index in [-0.39, 0.29) is 11.9 Å². The highest BCUT2D eigenvalue weighted by atomic mass is 32.2. The van der Waals surface area contributed by atoms with Gasteiger partial charge in [0.15, 0.2) is 0 Å². The van der Waals surface area contributed by atoms with Gasteiger partial charge in [-0.3, -0.25) is 9.00 Å². The summed E-state index contributed by atoms with van der Waals surface area (Å²) in [6.07, 6.45) is 2.36. The van der Waals surface area contributed by atoms with Crippen LogP contribution in [0.5, 0.6) is 0 Å². The predicted octanol–water partition coefficient (Wildman–Crippen LogP) is 1.16. The zero-order valence-corrected chi connectivity index (χ0v) is 10.9. The average Bonchev–Trinajstić information content (AvgIpc) is 2.26. The van der Waals surface area contributed by atoms with Crippen LogP contribution in [0.4, 0.5) is 5.69 Å². The van der Waals surface area contributed by atoms with Crippen molar-refractivity contribution in [1.82, 2.24) is 5.32 Å². The number of hydrogen-bond donors (Lipinski definition) is 2. The minimum atomic E-state index is -0.820. The fourth-order valence-electron chi connectivity index (χ4n) is 1.40. The molecule has 0 aliphatic heterocycles. The molecule has 0 aliphatic carbocycles. The van der Waals surface area contributed by atoms with Crippen molar-refractivity contribution < 1.29 is 9.00 Å². The lowest BCUT2D eigenvalue weighted by Gasteiger charge is -2.13. The predicted molar refractivity (Wildman–Crippen MR) is 71.3 cm³/mol. The van der Waals surface area contributed by atoms with Gasteiger partial charge in [0.05, 0.1) is 0 Å². The van der Waals surface area contributed by atoms with Crippen molar-refractivity contribution in [3.05, 3.63) is 29.8 Å². The number of amides is 1. The quantitative estimate of drug-likeness (QED) is 0.774. The van der Waals surface area contributed by atoms with Crippen LogP contribution < -0.4 is 11.1 Å². The fourth-order valence-corrected chi connectivity index (χ4v) is 2.09. The highest BCUT2D eigenvalue weighted by Gasteiger charge is 2.10. The summed E-state index contributed by atoms with van der Waals surface area (Å²) in [4.78, 5) is 11.8. The molecule has 0 aliphatic rings. The number of nitrogens with two attached hydrogens (primary N) is 1. The van der Waals surface area contributed by atoms with Crippen LogP contribution in [0.25, 0.3) is 0 Å². The standard InChI is InChI=1S/C12H18N2O2S/c1-9(6-7-17(2)16)14-12(15)10-4-3-5-11(13)8-10/h3-5,8-9H,6-7,13H2,1-2H3,(H,14,15). The van der Waals surface area contributed by atoms with E-state index in [1.165, 1.54) is 0 Å². The van der Waals surface area contributed by atoms with Crippen LogP contribution in [-0.4, -0.2) is 28.2 Å². The second-order valence-corrected chi connectivity index (χ2v) is 5.62. The van der Waals surface area contributed by atoms with E-state index in [4.69, 9.17) is 5.73 Å². The van der Waals surface area contributed by atoms with Crippen LogP contribution in [-0.2, 0) is 10.8 Å². The summed E-state index contributed by atoms with van der Waals surface area (Å²) in [6, 6.07) is 6.85. The first-order valence-corrected chi connectivity index (χ1v) is 7.18. The molecule has 1 aromatic rings. The van der Waals surface area contributed by atoms with Crippen LogP contribution in [0.3, 0.4) is 0 Å². The number of nitrogen functional groups attached to an aromatic ring is 1. The van der Waals surface area contributed by atoms with Crippen LogP contribution in [0, 0.1) is 0 Å². The lowest BCUT2D eigenvalue weighted by molar-refractivity contribution is 0.0939. The van der Waals surface area contributed by atoms with Gasteiger partial charge in [-0.2, -0.15) is 0 Å². The van der Waals surface area contributed by atoms with Crippen molar-refractivity contribution in [2.24, 2.45) is 0 Å². The van der Waals surface area contributed by atoms with Crippen molar-refractivity contribution in [3.63, 3.8) is 0 Å². The third-order valence-electron chi connectivity index (χ3n) is 2.36. The van der Waals surface area contributed by atoms with E-state index in [2.05, 4.69) is 5.32 Å². The summed E-state index contributed by atoms with van der Waals surface area (Å²) in [7, 11) is -0.820. The summed E-state index contributed by atoms with van der Waals surface area (Å²) in [5, 5.41) is 2.85. The summed E-state index contributed by atoms with van der Waals surface area (Å²) >= 11 is 0. The van der Waals surface area contributed by atoms with Crippen molar-refractivity contribution in [2.75, 3.05) is 17.7 Å². The average molecular weight is 254 g/mol. The van der Waals surface area contributed by atoms with Crippen molar-refractivity contribution in [1.29, 1.82) is 0 Å². The fraction of sp³-hybridized carbons (Fsp3) is 0.417. The Morgan fingerprint density at radius 3 is 2.82 bits per heavy atom. The Labute approximate surface area is 104 Å². The van der Waals surface area contributed by atoms with E-state index in [0.29, 0.717) is 23.4 Å². The molecule has 2 atom stereocenters. The topological polar surface area (TPSA) is 72.2 Å². The summed E-state index contributed by atoms with van der Waals surface area (Å²) in [5.74, 6) is 0.449. The maximum Gasteiger partial charge on any atom is 0.251 e. The molecular formula is C12H18N2O2S. The largest absolute Gasteiger partial charge is 0.399 e. The molecule has 17 heavy (non-hydrogen) atoms. The SMILES string of the molecule is CC(CCS(C)=O)NC(=O)c1cccc(N)c1. The van der Waals surface area contributed by atoms with Gasteiger partial charge in [0.1, 0.15) is 0 Å². The van der Waals surface area contributed by atoms with Crippen molar-refractivity contribution >= 4 is 22.4 Å². The Kier molecular flexibility index (Phi) is 5.15. The molecule has 0 fully saturated rings. The number of rotatable bonds is 5. The number of nitrogens with one attached hydrogen (secondary N) is 1. The summed E-state index contributed by atoms with van der Waals surface area (Å²) < 4.78 is 10.9. The molecule has 1 aromatic carbocycles. The molecule has 0 spiro atoms. The first-order valence-electron chi connectivity index (χ1n) is 5.45. The molecular weight excluding hydrogens is 236 g/mol. The zero-order valence-electron chi connectivity index (χ0n) is 10.1. The minimum Gasteiger partial charge on any atom is -0.399 e. The van der Waals surface area contributed by atoms with Crippen molar-refractivity contribution in [2.45, 2.75) is 19.4 Å². The monoisotopic (exact) mass is 254 g/mol. The van der Waals surface area contributed by atoms with E-state index in [1.807, 2.05) is 6.92 Å². The van der Waals surface area contributed by atoms with Crippen LogP contribution in [0.15, 0.2) is 24.3 Å². The van der Waals surface area contributed by atoms with Crippen LogP contribution >= 0.6 is 0 Å². The van der Waals surface area contributed by atoms with Gasteiger partial charge in [-0.15, -0.1) is 0 Å². The lowest BCUT2D eigenvalue weighted by atomic mass is 10.1. The van der Waals surface area contributed by atoms with Crippen molar-refractivity contribution in [3.8, 4) is 0 Å². The summed E-state index contributed by atoms with van der Waals surface area (Å²) in [5.41, 5.74) is 6.73. The maximum absolute atomic E-state index is 11.8. The van der Waals surface area contributed by atoms with Gasteiger partial charge >= 0.3 is 0 Å². The highest BCUT2D eigenvalue weighted by Crippen LogP contribution is 2.07. The summed E-state index contributed by atoms with van der Waals surface area (Å²) in [6.45, 7) is 1.90.